The number of ether oxygens (including phenoxy) is 2. The fourth-order valence-corrected chi connectivity index (χ4v) is 1.26. The van der Waals surface area contributed by atoms with Gasteiger partial charge in [0.25, 0.3) is 0 Å². The highest BCUT2D eigenvalue weighted by Gasteiger charge is 2.27. The summed E-state index contributed by atoms with van der Waals surface area (Å²) in [4.78, 5) is 35.1. The largest absolute Gasteiger partial charge is 0.462 e. The summed E-state index contributed by atoms with van der Waals surface area (Å²) in [7, 11) is 0. The number of hydrogen-bond acceptors (Lipinski definition) is 7. The number of nitrogens with zero attached hydrogens (tertiary/aromatic N) is 1. The van der Waals surface area contributed by atoms with E-state index in [0.29, 0.717) is 0 Å². The molecular formula is C13H17NO6. The average molecular weight is 283 g/mol. The molecule has 0 unspecified atom stereocenters. The number of esters is 2. The van der Waals surface area contributed by atoms with Crippen molar-refractivity contribution in [3.05, 3.63) is 25.3 Å². The van der Waals surface area contributed by atoms with Crippen LogP contribution in [0.2, 0.25) is 0 Å². The van der Waals surface area contributed by atoms with Crippen LogP contribution in [0.4, 0.5) is 0 Å². The third-order valence-corrected chi connectivity index (χ3v) is 2.39. The van der Waals surface area contributed by atoms with E-state index in [1.54, 1.807) is 0 Å². The molecule has 0 aliphatic heterocycles. The molecule has 7 nitrogen and oxygen atoms in total. The molecule has 0 heterocycles. The van der Waals surface area contributed by atoms with Crippen LogP contribution < -0.4 is 0 Å². The number of aliphatic imine (C=N–C) groups is 1. The maximum atomic E-state index is 10.9. The molecule has 0 aromatic carbocycles. The lowest BCUT2D eigenvalue weighted by Crippen LogP contribution is -2.36. The summed E-state index contributed by atoms with van der Waals surface area (Å²) >= 11 is 0. The first-order chi connectivity index (χ1) is 9.47. The molecule has 0 rings (SSSR count). The highest BCUT2D eigenvalue weighted by atomic mass is 16.5. The minimum absolute atomic E-state index is 0.0312. The van der Waals surface area contributed by atoms with Crippen molar-refractivity contribution in [3.63, 3.8) is 0 Å². The van der Waals surface area contributed by atoms with E-state index in [0.717, 1.165) is 12.2 Å². The van der Waals surface area contributed by atoms with Crippen molar-refractivity contribution in [3.8, 4) is 0 Å². The molecule has 110 valence electrons. The predicted molar refractivity (Wildman–Crippen MR) is 69.5 cm³/mol. The Morgan fingerprint density at radius 3 is 1.95 bits per heavy atom. The van der Waals surface area contributed by atoms with Gasteiger partial charge in [-0.25, -0.2) is 19.4 Å². The Morgan fingerprint density at radius 1 is 1.15 bits per heavy atom. The van der Waals surface area contributed by atoms with Gasteiger partial charge in [0.2, 0.25) is 6.08 Å². The average Bonchev–Trinajstić information content (AvgIpc) is 2.44. The fraction of sp³-hybridized carbons (Fsp3) is 0.462. The van der Waals surface area contributed by atoms with E-state index in [-0.39, 0.29) is 32.6 Å². The molecule has 0 radical (unpaired) electrons. The van der Waals surface area contributed by atoms with Crippen LogP contribution in [0.5, 0.6) is 0 Å². The molecule has 20 heavy (non-hydrogen) atoms. The van der Waals surface area contributed by atoms with Crippen LogP contribution in [-0.4, -0.2) is 48.5 Å². The maximum absolute atomic E-state index is 10.9. The summed E-state index contributed by atoms with van der Waals surface area (Å²) < 4.78 is 9.47. The number of carbonyl (C=O) groups is 2. The highest BCUT2D eigenvalue weighted by Crippen LogP contribution is 2.16. The summed E-state index contributed by atoms with van der Waals surface area (Å²) in [6, 6.07) is 0. The van der Waals surface area contributed by atoms with Gasteiger partial charge in [0.05, 0.1) is 25.4 Å². The van der Waals surface area contributed by atoms with Crippen molar-refractivity contribution in [2.75, 3.05) is 19.8 Å². The Balaban J connectivity index is 4.36. The topological polar surface area (TPSA) is 102 Å². The van der Waals surface area contributed by atoms with Crippen LogP contribution in [0.3, 0.4) is 0 Å². The zero-order valence-electron chi connectivity index (χ0n) is 11.0. The molecule has 0 saturated carbocycles. The molecule has 0 bridgehead atoms. The fourth-order valence-electron chi connectivity index (χ4n) is 1.26. The zero-order valence-corrected chi connectivity index (χ0v) is 11.0. The van der Waals surface area contributed by atoms with Crippen LogP contribution in [0, 0.1) is 0 Å². The molecule has 0 saturated heterocycles. The van der Waals surface area contributed by atoms with Gasteiger partial charge in [0, 0.05) is 25.0 Å². The number of carbonyl (C=O) groups excluding carboxylic acids is 3. The van der Waals surface area contributed by atoms with Gasteiger partial charge in [-0.1, -0.05) is 13.2 Å². The quantitative estimate of drug-likeness (QED) is 0.267. The van der Waals surface area contributed by atoms with Crippen LogP contribution in [0.25, 0.3) is 0 Å². The molecule has 0 aromatic heterocycles. The Hall–Kier alpha value is -2.24. The second-order valence-electron chi connectivity index (χ2n) is 3.88. The molecule has 0 aliphatic rings. The normalized spacial score (nSPS) is 10.1. The van der Waals surface area contributed by atoms with Gasteiger partial charge in [-0.05, 0) is 0 Å². The van der Waals surface area contributed by atoms with E-state index < -0.39 is 17.5 Å². The molecule has 0 fully saturated rings. The summed E-state index contributed by atoms with van der Waals surface area (Å²) in [5, 5.41) is 10.2. The zero-order chi connectivity index (χ0) is 15.4. The van der Waals surface area contributed by atoms with Gasteiger partial charge >= 0.3 is 11.9 Å². The van der Waals surface area contributed by atoms with E-state index in [1.165, 1.54) is 6.08 Å². The van der Waals surface area contributed by atoms with Gasteiger partial charge < -0.3 is 14.6 Å². The van der Waals surface area contributed by atoms with Crippen LogP contribution in [0.15, 0.2) is 30.3 Å². The summed E-state index contributed by atoms with van der Waals surface area (Å²) in [5.41, 5.74) is -1.43. The number of aliphatic hydroxyl groups is 1. The van der Waals surface area contributed by atoms with Gasteiger partial charge in [-0.3, -0.25) is 0 Å². The van der Waals surface area contributed by atoms with Gasteiger partial charge in [0.15, 0.2) is 0 Å². The highest BCUT2D eigenvalue weighted by molar-refractivity contribution is 5.81. The monoisotopic (exact) mass is 283 g/mol. The van der Waals surface area contributed by atoms with Crippen molar-refractivity contribution in [1.29, 1.82) is 0 Å². The smallest absolute Gasteiger partial charge is 0.330 e. The van der Waals surface area contributed by atoms with Crippen molar-refractivity contribution >= 4 is 18.0 Å². The van der Waals surface area contributed by atoms with Crippen molar-refractivity contribution in [1.82, 2.24) is 0 Å². The lowest BCUT2D eigenvalue weighted by molar-refractivity contribution is -0.140. The van der Waals surface area contributed by atoms with Crippen LogP contribution in [-0.2, 0) is 23.9 Å². The number of rotatable bonds is 10. The van der Waals surface area contributed by atoms with Crippen molar-refractivity contribution < 1.29 is 29.0 Å². The number of hydrogen-bond donors (Lipinski definition) is 1. The van der Waals surface area contributed by atoms with Gasteiger partial charge in [0.1, 0.15) is 0 Å². The maximum Gasteiger partial charge on any atom is 0.330 e. The first-order valence-corrected chi connectivity index (χ1v) is 5.82. The molecule has 0 atom stereocenters. The van der Waals surface area contributed by atoms with E-state index in [2.05, 4.69) is 18.2 Å². The minimum Gasteiger partial charge on any atom is -0.462 e. The molecule has 0 aliphatic carbocycles. The second kappa shape index (κ2) is 9.66. The first-order valence-electron chi connectivity index (χ1n) is 5.82. The summed E-state index contributed by atoms with van der Waals surface area (Å²) in [5.74, 6) is -1.24. The second-order valence-corrected chi connectivity index (χ2v) is 3.88. The minimum atomic E-state index is -1.43. The molecule has 0 amide bonds. The third kappa shape index (κ3) is 7.97. The molecular weight excluding hydrogens is 266 g/mol. The predicted octanol–water partition coefficient (Wildman–Crippen LogP) is 0.292. The lowest BCUT2D eigenvalue weighted by Gasteiger charge is -2.25. The van der Waals surface area contributed by atoms with E-state index in [1.807, 2.05) is 0 Å². The Morgan fingerprint density at radius 2 is 1.60 bits per heavy atom. The molecule has 0 aromatic rings. The summed E-state index contributed by atoms with van der Waals surface area (Å²) in [6.07, 6.45) is 3.36. The van der Waals surface area contributed by atoms with E-state index in [4.69, 9.17) is 9.47 Å². The van der Waals surface area contributed by atoms with Crippen molar-refractivity contribution in [2.24, 2.45) is 4.99 Å². The standard InChI is InChI=1S/C13H17NO6/c1-3-11(16)19-7-5-13(18,9-14-10-15)6-8-20-12(17)4-2/h3-4,18H,1-2,5-9H2. The third-order valence-electron chi connectivity index (χ3n) is 2.39. The SMILES string of the molecule is C=CC(=O)OCCC(O)(CCOC(=O)C=C)CN=C=O. The lowest BCUT2D eigenvalue weighted by atomic mass is 9.96. The molecule has 0 spiro atoms. The first kappa shape index (κ1) is 17.8. The Labute approximate surface area is 116 Å². The van der Waals surface area contributed by atoms with Gasteiger partial charge in [-0.15, -0.1) is 0 Å². The summed E-state index contributed by atoms with van der Waals surface area (Å²) in [6.45, 7) is 6.07. The van der Waals surface area contributed by atoms with Gasteiger partial charge in [-0.2, -0.15) is 0 Å². The number of isocyanates is 1. The van der Waals surface area contributed by atoms with Crippen LogP contribution in [0.1, 0.15) is 12.8 Å². The van der Waals surface area contributed by atoms with E-state index >= 15 is 0 Å². The molecule has 7 heteroatoms. The van der Waals surface area contributed by atoms with Crippen LogP contribution >= 0.6 is 0 Å². The Bertz CT molecular complexity index is 385. The van der Waals surface area contributed by atoms with Crippen molar-refractivity contribution in [2.45, 2.75) is 18.4 Å². The molecule has 1 N–H and O–H groups in total. The van der Waals surface area contributed by atoms with E-state index in [9.17, 15) is 19.5 Å². The Kier molecular flexibility index (Phi) is 8.58.